The lowest BCUT2D eigenvalue weighted by atomic mass is 9.83. The third kappa shape index (κ3) is 2.77. The fourth-order valence-corrected chi connectivity index (χ4v) is 6.44. The molecule has 0 N–H and O–H groups in total. The van der Waals surface area contributed by atoms with E-state index in [-0.39, 0.29) is 22.7 Å². The normalized spacial score (nSPS) is 39.2. The molecule has 4 fully saturated rings. The Morgan fingerprint density at radius 3 is 2.42 bits per heavy atom. The zero-order chi connectivity index (χ0) is 16.9. The molecule has 2 amide bonds. The van der Waals surface area contributed by atoms with Gasteiger partial charge in [0.05, 0.1) is 4.87 Å². The van der Waals surface area contributed by atoms with Crippen LogP contribution in [0.1, 0.15) is 71.6 Å². The molecule has 4 aliphatic rings. The molecular formula is C19H30N2O2S. The molecule has 5 heteroatoms. The Balaban J connectivity index is 1.50. The fraction of sp³-hybridized carbons (Fsp3) is 0.895. The van der Waals surface area contributed by atoms with Gasteiger partial charge in [0.2, 0.25) is 11.8 Å². The Bertz CT molecular complexity index is 527. The highest BCUT2D eigenvalue weighted by atomic mass is 32.2. The number of amides is 2. The van der Waals surface area contributed by atoms with Crippen molar-refractivity contribution in [3.63, 3.8) is 0 Å². The van der Waals surface area contributed by atoms with Gasteiger partial charge in [-0.1, -0.05) is 13.3 Å². The van der Waals surface area contributed by atoms with Crippen molar-refractivity contribution in [3.05, 3.63) is 0 Å². The van der Waals surface area contributed by atoms with Crippen LogP contribution in [0.2, 0.25) is 0 Å². The summed E-state index contributed by atoms with van der Waals surface area (Å²) >= 11 is 1.81. The van der Waals surface area contributed by atoms with Gasteiger partial charge < -0.3 is 9.80 Å². The molecule has 2 atom stereocenters. The summed E-state index contributed by atoms with van der Waals surface area (Å²) in [6, 6.07) is 0.664. The van der Waals surface area contributed by atoms with Crippen molar-refractivity contribution >= 4 is 23.6 Å². The average Bonchev–Trinajstić information content (AvgIpc) is 3.29. The molecular weight excluding hydrogens is 320 g/mol. The molecule has 0 unspecified atom stereocenters. The molecule has 0 aromatic carbocycles. The number of hydrogen-bond acceptors (Lipinski definition) is 3. The summed E-state index contributed by atoms with van der Waals surface area (Å²) in [5.41, 5.74) is 0. The van der Waals surface area contributed by atoms with Crippen molar-refractivity contribution in [1.82, 2.24) is 9.80 Å². The van der Waals surface area contributed by atoms with Gasteiger partial charge in [-0.25, -0.2) is 0 Å². The molecule has 2 aliphatic carbocycles. The minimum absolute atomic E-state index is 0.132. The lowest BCUT2D eigenvalue weighted by molar-refractivity contribution is -0.146. The summed E-state index contributed by atoms with van der Waals surface area (Å²) in [6.07, 6.45) is 9.93. The molecule has 2 saturated heterocycles. The van der Waals surface area contributed by atoms with Crippen LogP contribution in [0.25, 0.3) is 0 Å². The van der Waals surface area contributed by atoms with Gasteiger partial charge in [-0.3, -0.25) is 9.59 Å². The van der Waals surface area contributed by atoms with E-state index in [0.29, 0.717) is 18.5 Å². The highest BCUT2D eigenvalue weighted by Gasteiger charge is 2.55. The lowest BCUT2D eigenvalue weighted by Gasteiger charge is -2.40. The molecule has 0 aromatic heterocycles. The van der Waals surface area contributed by atoms with E-state index in [1.54, 1.807) is 0 Å². The second-order valence-corrected chi connectivity index (χ2v) is 9.83. The van der Waals surface area contributed by atoms with E-state index in [1.165, 1.54) is 19.3 Å². The van der Waals surface area contributed by atoms with Crippen LogP contribution in [0.4, 0.5) is 0 Å². The highest BCUT2D eigenvalue weighted by molar-refractivity contribution is 8.01. The number of carbonyl (C=O) groups excluding carboxylic acids is 2. The van der Waals surface area contributed by atoms with Crippen LogP contribution in [0.15, 0.2) is 0 Å². The van der Waals surface area contributed by atoms with Crippen molar-refractivity contribution in [2.75, 3.05) is 5.75 Å². The van der Waals surface area contributed by atoms with Gasteiger partial charge in [-0.05, 0) is 57.8 Å². The van der Waals surface area contributed by atoms with Crippen LogP contribution >= 0.6 is 11.8 Å². The second-order valence-electron chi connectivity index (χ2n) is 8.33. The van der Waals surface area contributed by atoms with Crippen molar-refractivity contribution in [3.8, 4) is 0 Å². The van der Waals surface area contributed by atoms with Crippen LogP contribution in [0.3, 0.4) is 0 Å². The predicted molar refractivity (Wildman–Crippen MR) is 96.6 cm³/mol. The van der Waals surface area contributed by atoms with Gasteiger partial charge in [-0.15, -0.1) is 11.8 Å². The van der Waals surface area contributed by atoms with Crippen LogP contribution in [0.5, 0.6) is 0 Å². The molecule has 4 nitrogen and oxygen atoms in total. The number of hydrogen-bond donors (Lipinski definition) is 0. The Kier molecular flexibility index (Phi) is 4.34. The summed E-state index contributed by atoms with van der Waals surface area (Å²) in [5, 5.41) is 0. The van der Waals surface area contributed by atoms with Crippen LogP contribution < -0.4 is 0 Å². The number of nitrogens with zero attached hydrogens (tertiary/aromatic N) is 2. The van der Waals surface area contributed by atoms with Gasteiger partial charge in [0, 0.05) is 24.3 Å². The Morgan fingerprint density at radius 1 is 1.21 bits per heavy atom. The molecule has 24 heavy (non-hydrogen) atoms. The first-order chi connectivity index (χ1) is 11.5. The lowest BCUT2D eigenvalue weighted by Crippen LogP contribution is -2.55. The van der Waals surface area contributed by atoms with Crippen LogP contribution in [0, 0.1) is 5.92 Å². The van der Waals surface area contributed by atoms with Gasteiger partial charge in [0.25, 0.3) is 0 Å². The van der Waals surface area contributed by atoms with E-state index in [1.807, 2.05) is 16.7 Å². The largest absolute Gasteiger partial charge is 0.335 e. The minimum Gasteiger partial charge on any atom is -0.335 e. The van der Waals surface area contributed by atoms with Gasteiger partial charge in [0.15, 0.2) is 0 Å². The summed E-state index contributed by atoms with van der Waals surface area (Å²) in [5.74, 6) is 2.08. The number of carbonyl (C=O) groups is 2. The maximum Gasteiger partial charge on any atom is 0.246 e. The molecule has 2 aliphatic heterocycles. The van der Waals surface area contributed by atoms with E-state index in [0.717, 1.165) is 43.8 Å². The zero-order valence-electron chi connectivity index (χ0n) is 15.0. The molecule has 0 aromatic rings. The number of thioether (sulfide) groups is 1. The molecule has 134 valence electrons. The zero-order valence-corrected chi connectivity index (χ0v) is 15.8. The SMILES string of the molecule is CCC1CCC(N(C(=O)[C@H]2CS[C@]3(C)CCC(=O)N23)C2CC2)CC1. The standard InChI is InChI=1S/C19H30N2O2S/c1-3-13-4-6-14(7-5-13)20(15-8-9-15)18(23)16-12-24-19(2)11-10-17(22)21(16)19/h13-16H,3-12H2,1-2H3/t13?,14?,16-,19-/m1/s1. The van der Waals surface area contributed by atoms with Gasteiger partial charge in [0.1, 0.15) is 6.04 Å². The molecule has 0 radical (unpaired) electrons. The van der Waals surface area contributed by atoms with Gasteiger partial charge >= 0.3 is 0 Å². The highest BCUT2D eigenvalue weighted by Crippen LogP contribution is 2.48. The first-order valence-electron chi connectivity index (χ1n) is 9.82. The third-order valence-corrected chi connectivity index (χ3v) is 8.22. The average molecular weight is 351 g/mol. The monoisotopic (exact) mass is 350 g/mol. The van der Waals surface area contributed by atoms with E-state index in [2.05, 4.69) is 18.7 Å². The second kappa shape index (κ2) is 6.22. The Morgan fingerprint density at radius 2 is 1.83 bits per heavy atom. The number of fused-ring (bicyclic) bond motifs is 1. The maximum absolute atomic E-state index is 13.4. The predicted octanol–water partition coefficient (Wildman–Crippen LogP) is 3.40. The summed E-state index contributed by atoms with van der Waals surface area (Å²) in [4.78, 5) is 29.8. The molecule has 4 rings (SSSR count). The molecule has 0 spiro atoms. The Labute approximate surface area is 149 Å². The number of rotatable bonds is 4. The fourth-order valence-electron chi connectivity index (χ4n) is 5.02. The van der Waals surface area contributed by atoms with E-state index in [4.69, 9.17) is 0 Å². The van der Waals surface area contributed by atoms with Crippen molar-refractivity contribution in [1.29, 1.82) is 0 Å². The van der Waals surface area contributed by atoms with E-state index in [9.17, 15) is 9.59 Å². The summed E-state index contributed by atoms with van der Waals surface area (Å²) < 4.78 is 0. The van der Waals surface area contributed by atoms with Crippen molar-refractivity contribution in [2.24, 2.45) is 5.92 Å². The Hall–Kier alpha value is -0.710. The maximum atomic E-state index is 13.4. The van der Waals surface area contributed by atoms with Crippen LogP contribution in [-0.2, 0) is 9.59 Å². The molecule has 2 heterocycles. The van der Waals surface area contributed by atoms with E-state index < -0.39 is 0 Å². The van der Waals surface area contributed by atoms with E-state index >= 15 is 0 Å². The first-order valence-corrected chi connectivity index (χ1v) is 10.8. The summed E-state index contributed by atoms with van der Waals surface area (Å²) in [6.45, 7) is 4.42. The van der Waals surface area contributed by atoms with Crippen molar-refractivity contribution in [2.45, 2.75) is 94.6 Å². The smallest absolute Gasteiger partial charge is 0.246 e. The molecule has 0 bridgehead atoms. The minimum atomic E-state index is -0.209. The topological polar surface area (TPSA) is 40.6 Å². The third-order valence-electron chi connectivity index (χ3n) is 6.71. The van der Waals surface area contributed by atoms with Crippen molar-refractivity contribution < 1.29 is 9.59 Å². The molecule has 2 saturated carbocycles. The first kappa shape index (κ1) is 16.7. The van der Waals surface area contributed by atoms with Crippen LogP contribution in [-0.4, -0.2) is 50.4 Å². The van der Waals surface area contributed by atoms with Gasteiger partial charge in [-0.2, -0.15) is 0 Å². The quantitative estimate of drug-likeness (QED) is 0.780. The summed E-state index contributed by atoms with van der Waals surface area (Å²) in [7, 11) is 0.